The molecule has 6 heteroatoms. The van der Waals surface area contributed by atoms with Crippen molar-refractivity contribution in [1.29, 1.82) is 0 Å². The van der Waals surface area contributed by atoms with Gasteiger partial charge in [0.15, 0.2) is 11.5 Å². The molecule has 0 aliphatic carbocycles. The van der Waals surface area contributed by atoms with Crippen LogP contribution in [0.3, 0.4) is 0 Å². The van der Waals surface area contributed by atoms with Crippen molar-refractivity contribution in [2.45, 2.75) is 31.3 Å². The van der Waals surface area contributed by atoms with E-state index < -0.39 is 0 Å². The summed E-state index contributed by atoms with van der Waals surface area (Å²) in [5, 5.41) is 13.0. The molecule has 3 rings (SSSR count). The number of carbonyl (C=O) groups excluding carboxylic acids is 1. The summed E-state index contributed by atoms with van der Waals surface area (Å²) in [4.78, 5) is 13.4. The van der Waals surface area contributed by atoms with E-state index in [2.05, 4.69) is 30.4 Å². The highest BCUT2D eigenvalue weighted by Gasteiger charge is 2.18. The van der Waals surface area contributed by atoms with Gasteiger partial charge in [-0.15, -0.1) is 0 Å². The van der Waals surface area contributed by atoms with Gasteiger partial charge in [0, 0.05) is 17.0 Å². The number of rotatable bonds is 10. The molecule has 1 amide bonds. The molecule has 0 aromatic heterocycles. The standard InChI is InChI=1S/C25H27NO4S/c1-18-7-6-8-19(15-18)13-14-26-24(28)16-20-11-12-23(29-2)25(22(20)17-27)30-31-21-9-4-3-5-10-21/h3-12,15,27H,13-14,16-17H2,1-2H3,(H,26,28). The molecule has 3 aromatic rings. The second-order valence-corrected chi connectivity index (χ2v) is 7.94. The van der Waals surface area contributed by atoms with Crippen LogP contribution in [0.2, 0.25) is 0 Å². The summed E-state index contributed by atoms with van der Waals surface area (Å²) >= 11 is 1.18. The first-order valence-electron chi connectivity index (χ1n) is 10.1. The third-order valence-electron chi connectivity index (χ3n) is 4.83. The molecule has 0 radical (unpaired) electrons. The van der Waals surface area contributed by atoms with E-state index in [1.54, 1.807) is 19.2 Å². The Balaban J connectivity index is 1.66. The van der Waals surface area contributed by atoms with E-state index in [0.29, 0.717) is 29.2 Å². The van der Waals surface area contributed by atoms with Crippen molar-refractivity contribution in [2.75, 3.05) is 13.7 Å². The summed E-state index contributed by atoms with van der Waals surface area (Å²) in [6.45, 7) is 2.35. The van der Waals surface area contributed by atoms with E-state index in [4.69, 9.17) is 8.92 Å². The maximum absolute atomic E-state index is 12.5. The van der Waals surface area contributed by atoms with E-state index in [-0.39, 0.29) is 18.9 Å². The molecule has 162 valence electrons. The van der Waals surface area contributed by atoms with Crippen molar-refractivity contribution in [3.63, 3.8) is 0 Å². The van der Waals surface area contributed by atoms with Gasteiger partial charge in [0.25, 0.3) is 0 Å². The van der Waals surface area contributed by atoms with Crippen molar-refractivity contribution >= 4 is 17.9 Å². The normalized spacial score (nSPS) is 10.5. The molecule has 31 heavy (non-hydrogen) atoms. The molecule has 0 aliphatic heterocycles. The molecule has 0 heterocycles. The van der Waals surface area contributed by atoms with Gasteiger partial charge in [-0.25, -0.2) is 0 Å². The lowest BCUT2D eigenvalue weighted by atomic mass is 10.0. The fourth-order valence-electron chi connectivity index (χ4n) is 3.25. The van der Waals surface area contributed by atoms with Gasteiger partial charge in [0.2, 0.25) is 5.91 Å². The zero-order valence-corrected chi connectivity index (χ0v) is 18.6. The zero-order chi connectivity index (χ0) is 22.1. The highest BCUT2D eigenvalue weighted by atomic mass is 32.2. The minimum Gasteiger partial charge on any atom is -0.493 e. The number of methoxy groups -OCH3 is 1. The van der Waals surface area contributed by atoms with Crippen molar-refractivity contribution in [3.8, 4) is 11.5 Å². The number of nitrogens with one attached hydrogen (secondary N) is 1. The molecule has 0 unspecified atom stereocenters. The number of ether oxygens (including phenoxy) is 1. The number of benzene rings is 3. The maximum Gasteiger partial charge on any atom is 0.224 e. The van der Waals surface area contributed by atoms with Crippen LogP contribution in [0, 0.1) is 6.92 Å². The van der Waals surface area contributed by atoms with E-state index >= 15 is 0 Å². The molecule has 0 spiro atoms. The van der Waals surface area contributed by atoms with Crippen LogP contribution in [0.25, 0.3) is 0 Å². The van der Waals surface area contributed by atoms with Crippen LogP contribution in [0.4, 0.5) is 0 Å². The van der Waals surface area contributed by atoms with Gasteiger partial charge in [-0.2, -0.15) is 0 Å². The van der Waals surface area contributed by atoms with E-state index in [1.807, 2.05) is 36.4 Å². The quantitative estimate of drug-likeness (QED) is 0.458. The van der Waals surface area contributed by atoms with Crippen molar-refractivity contribution in [3.05, 3.63) is 89.0 Å². The number of aliphatic hydroxyl groups excluding tert-OH is 1. The number of hydrogen-bond acceptors (Lipinski definition) is 5. The van der Waals surface area contributed by atoms with Gasteiger partial charge in [-0.05, 0) is 42.7 Å². The number of carbonyl (C=O) groups is 1. The molecular formula is C25H27NO4S. The molecule has 0 bridgehead atoms. The summed E-state index contributed by atoms with van der Waals surface area (Å²) in [5.41, 5.74) is 3.65. The van der Waals surface area contributed by atoms with Gasteiger partial charge in [0.05, 0.1) is 32.2 Å². The lowest BCUT2D eigenvalue weighted by Gasteiger charge is -2.16. The Morgan fingerprint density at radius 1 is 1.06 bits per heavy atom. The molecule has 5 nitrogen and oxygen atoms in total. The Bertz CT molecular complexity index is 1010. The third kappa shape index (κ3) is 6.51. The molecule has 0 saturated carbocycles. The Hall–Kier alpha value is -2.96. The molecule has 0 atom stereocenters. The molecule has 0 aliphatic rings. The van der Waals surface area contributed by atoms with Gasteiger partial charge in [-0.3, -0.25) is 4.79 Å². The van der Waals surface area contributed by atoms with Crippen LogP contribution >= 0.6 is 12.0 Å². The molecule has 0 fully saturated rings. The van der Waals surface area contributed by atoms with Crippen LogP contribution in [-0.2, 0) is 24.2 Å². The fraction of sp³-hybridized carbons (Fsp3) is 0.240. The Labute approximate surface area is 187 Å². The van der Waals surface area contributed by atoms with Crippen molar-refractivity contribution in [1.82, 2.24) is 5.32 Å². The lowest BCUT2D eigenvalue weighted by Crippen LogP contribution is -2.27. The van der Waals surface area contributed by atoms with Crippen LogP contribution in [0.15, 0.2) is 71.6 Å². The summed E-state index contributed by atoms with van der Waals surface area (Å²) < 4.78 is 11.3. The number of amides is 1. The average molecular weight is 438 g/mol. The van der Waals surface area contributed by atoms with Crippen LogP contribution in [0.1, 0.15) is 22.3 Å². The Morgan fingerprint density at radius 2 is 1.87 bits per heavy atom. The smallest absolute Gasteiger partial charge is 0.224 e. The van der Waals surface area contributed by atoms with Gasteiger partial charge in [0.1, 0.15) is 0 Å². The van der Waals surface area contributed by atoms with E-state index in [1.165, 1.54) is 23.2 Å². The van der Waals surface area contributed by atoms with Crippen LogP contribution in [-0.4, -0.2) is 24.7 Å². The monoisotopic (exact) mass is 437 g/mol. The van der Waals surface area contributed by atoms with Crippen molar-refractivity contribution in [2.24, 2.45) is 0 Å². The van der Waals surface area contributed by atoms with Gasteiger partial charge in [-0.1, -0.05) is 54.1 Å². The van der Waals surface area contributed by atoms with E-state index in [0.717, 1.165) is 11.3 Å². The van der Waals surface area contributed by atoms with E-state index in [9.17, 15) is 9.90 Å². The maximum atomic E-state index is 12.5. The first kappa shape index (κ1) is 22.7. The zero-order valence-electron chi connectivity index (χ0n) is 17.8. The SMILES string of the molecule is COc1ccc(CC(=O)NCCc2cccc(C)c2)c(CO)c1OSc1ccccc1. The highest BCUT2D eigenvalue weighted by molar-refractivity contribution is 7.95. The fourth-order valence-corrected chi connectivity index (χ4v) is 3.88. The van der Waals surface area contributed by atoms with Gasteiger partial charge < -0.3 is 19.3 Å². The average Bonchev–Trinajstić information content (AvgIpc) is 2.78. The van der Waals surface area contributed by atoms with Crippen LogP contribution in [0.5, 0.6) is 11.5 Å². The first-order chi connectivity index (χ1) is 15.1. The second kappa shape index (κ2) is 11.4. The van der Waals surface area contributed by atoms with Crippen LogP contribution < -0.4 is 14.2 Å². The van der Waals surface area contributed by atoms with Crippen molar-refractivity contribution < 1.29 is 18.8 Å². The largest absolute Gasteiger partial charge is 0.493 e. The minimum atomic E-state index is -0.256. The first-order valence-corrected chi connectivity index (χ1v) is 10.9. The number of aryl methyl sites for hydroxylation is 1. The third-order valence-corrected chi connectivity index (χ3v) is 5.55. The predicted octanol–water partition coefficient (Wildman–Crippen LogP) is 4.48. The minimum absolute atomic E-state index is 0.103. The molecule has 2 N–H and O–H groups in total. The summed E-state index contributed by atoms with van der Waals surface area (Å²) in [5.74, 6) is 0.842. The molecule has 3 aromatic carbocycles. The highest BCUT2D eigenvalue weighted by Crippen LogP contribution is 2.37. The second-order valence-electron chi connectivity index (χ2n) is 7.14. The number of hydrogen-bond donors (Lipinski definition) is 2. The van der Waals surface area contributed by atoms with Gasteiger partial charge >= 0.3 is 0 Å². The molecular weight excluding hydrogens is 410 g/mol. The topological polar surface area (TPSA) is 67.8 Å². The summed E-state index contributed by atoms with van der Waals surface area (Å²) in [6.07, 6.45) is 0.922. The lowest BCUT2D eigenvalue weighted by molar-refractivity contribution is -0.120. The predicted molar refractivity (Wildman–Crippen MR) is 123 cm³/mol. The summed E-state index contributed by atoms with van der Waals surface area (Å²) in [6, 6.07) is 21.4. The Morgan fingerprint density at radius 3 is 2.58 bits per heavy atom. The molecule has 0 saturated heterocycles. The Kier molecular flexibility index (Phi) is 8.38. The summed E-state index contributed by atoms with van der Waals surface area (Å²) in [7, 11) is 1.55. The number of aliphatic hydroxyl groups is 1.